The summed E-state index contributed by atoms with van der Waals surface area (Å²) >= 11 is 0. The predicted octanol–water partition coefficient (Wildman–Crippen LogP) is 1.85. The first-order valence-corrected chi connectivity index (χ1v) is 9.63. The summed E-state index contributed by atoms with van der Waals surface area (Å²) in [6, 6.07) is 7.89. The topological polar surface area (TPSA) is 83.4 Å². The third-order valence-electron chi connectivity index (χ3n) is 4.93. The zero-order chi connectivity index (χ0) is 20.1. The van der Waals surface area contributed by atoms with E-state index in [-0.39, 0.29) is 24.1 Å². The summed E-state index contributed by atoms with van der Waals surface area (Å²) in [6.07, 6.45) is 4.05. The van der Waals surface area contributed by atoms with E-state index in [1.54, 1.807) is 14.1 Å². The van der Waals surface area contributed by atoms with E-state index < -0.39 is 0 Å². The number of carbonyl (C=O) groups is 2. The number of hydrogen-bond donors (Lipinski definition) is 1. The molecule has 0 radical (unpaired) electrons. The van der Waals surface area contributed by atoms with E-state index in [9.17, 15) is 9.59 Å². The van der Waals surface area contributed by atoms with Crippen LogP contribution in [0.3, 0.4) is 0 Å². The van der Waals surface area contributed by atoms with E-state index in [4.69, 9.17) is 0 Å². The quantitative estimate of drug-likeness (QED) is 0.822. The van der Waals surface area contributed by atoms with Gasteiger partial charge in [0.2, 0.25) is 5.91 Å². The Morgan fingerprint density at radius 3 is 2.68 bits per heavy atom. The molecule has 1 aliphatic rings. The van der Waals surface area contributed by atoms with Crippen LogP contribution in [0.15, 0.2) is 30.5 Å². The number of nitrogens with one attached hydrogen (secondary N) is 1. The molecule has 28 heavy (non-hydrogen) atoms. The molecule has 2 amide bonds. The molecule has 2 heterocycles. The number of anilines is 1. The summed E-state index contributed by atoms with van der Waals surface area (Å²) in [5, 5.41) is 10.5. The van der Waals surface area contributed by atoms with Crippen LogP contribution in [0.25, 0.3) is 0 Å². The molecule has 1 aromatic heterocycles. The van der Waals surface area contributed by atoms with E-state index in [0.29, 0.717) is 5.69 Å². The Bertz CT molecular complexity index is 814. The summed E-state index contributed by atoms with van der Waals surface area (Å²) in [4.78, 5) is 28.0. The minimum Gasteiger partial charge on any atom is -0.347 e. The third-order valence-corrected chi connectivity index (χ3v) is 4.93. The van der Waals surface area contributed by atoms with Crippen LogP contribution in [0.2, 0.25) is 0 Å². The predicted molar refractivity (Wildman–Crippen MR) is 107 cm³/mol. The summed E-state index contributed by atoms with van der Waals surface area (Å²) in [5.74, 6) is 0.297. The van der Waals surface area contributed by atoms with Crippen molar-refractivity contribution < 1.29 is 9.59 Å². The molecule has 1 aliphatic heterocycles. The minimum atomic E-state index is -0.346. The third kappa shape index (κ3) is 5.39. The lowest BCUT2D eigenvalue weighted by Crippen LogP contribution is -2.33. The number of aromatic nitrogens is 3. The van der Waals surface area contributed by atoms with Crippen LogP contribution in [0, 0.1) is 5.92 Å². The maximum absolute atomic E-state index is 12.4. The molecule has 1 N–H and O–H groups in total. The number of amides is 2. The smallest absolute Gasteiger partial charge is 0.277 e. The molecule has 1 atom stereocenters. The van der Waals surface area contributed by atoms with Gasteiger partial charge in [-0.05, 0) is 43.0 Å². The van der Waals surface area contributed by atoms with Gasteiger partial charge in [-0.3, -0.25) is 14.5 Å². The van der Waals surface area contributed by atoms with Gasteiger partial charge in [-0.1, -0.05) is 24.3 Å². The van der Waals surface area contributed by atoms with Crippen molar-refractivity contribution in [3.63, 3.8) is 0 Å². The van der Waals surface area contributed by atoms with Crippen molar-refractivity contribution in [2.75, 3.05) is 32.5 Å². The van der Waals surface area contributed by atoms with Gasteiger partial charge >= 0.3 is 0 Å². The van der Waals surface area contributed by atoms with E-state index in [0.717, 1.165) is 25.6 Å². The maximum atomic E-state index is 12.4. The number of carbonyl (C=O) groups excluding carboxylic acids is 2. The number of benzene rings is 1. The molecule has 0 spiro atoms. The summed E-state index contributed by atoms with van der Waals surface area (Å²) < 4.78 is 1.36. The Morgan fingerprint density at radius 2 is 2.00 bits per heavy atom. The number of likely N-dealkylation sites (N-methyl/N-ethyl adjacent to an activating group) is 1. The molecular weight excluding hydrogens is 356 g/mol. The van der Waals surface area contributed by atoms with E-state index in [1.165, 1.54) is 34.2 Å². The molecule has 1 saturated heterocycles. The van der Waals surface area contributed by atoms with Crippen LogP contribution in [0.4, 0.5) is 5.69 Å². The molecule has 0 bridgehead atoms. The molecule has 8 heteroatoms. The van der Waals surface area contributed by atoms with Crippen LogP contribution in [-0.2, 0) is 17.9 Å². The van der Waals surface area contributed by atoms with E-state index in [1.807, 2.05) is 24.3 Å². The molecule has 1 fully saturated rings. The first-order chi connectivity index (χ1) is 13.4. The first kappa shape index (κ1) is 20.0. The van der Waals surface area contributed by atoms with Crippen LogP contribution in [0.1, 0.15) is 35.8 Å². The van der Waals surface area contributed by atoms with Crippen LogP contribution >= 0.6 is 0 Å². The zero-order valence-electron chi connectivity index (χ0n) is 16.8. The zero-order valence-corrected chi connectivity index (χ0v) is 16.8. The van der Waals surface area contributed by atoms with E-state index in [2.05, 4.69) is 27.5 Å². The van der Waals surface area contributed by atoms with E-state index >= 15 is 0 Å². The highest BCUT2D eigenvalue weighted by Crippen LogP contribution is 2.19. The highest BCUT2D eigenvalue weighted by atomic mass is 16.2. The summed E-state index contributed by atoms with van der Waals surface area (Å²) in [5.41, 5.74) is 2.12. The SMILES string of the molecule is CC1CCCN(Cc2ccc(NC(=O)c3cn(CC(=O)N(C)C)nn3)cc2)C1. The number of rotatable bonds is 6. The lowest BCUT2D eigenvalue weighted by atomic mass is 10.00. The van der Waals surface area contributed by atoms with Gasteiger partial charge in [-0.15, -0.1) is 5.10 Å². The van der Waals surface area contributed by atoms with Crippen molar-refractivity contribution in [1.29, 1.82) is 0 Å². The lowest BCUT2D eigenvalue weighted by molar-refractivity contribution is -0.129. The van der Waals surface area contributed by atoms with Gasteiger partial charge in [0, 0.05) is 32.9 Å². The second kappa shape index (κ2) is 8.97. The van der Waals surface area contributed by atoms with Crippen molar-refractivity contribution in [1.82, 2.24) is 24.8 Å². The average Bonchev–Trinajstić information content (AvgIpc) is 3.12. The second-order valence-corrected chi connectivity index (χ2v) is 7.72. The van der Waals surface area contributed by atoms with Gasteiger partial charge in [0.1, 0.15) is 6.54 Å². The average molecular weight is 384 g/mol. The molecule has 8 nitrogen and oxygen atoms in total. The number of hydrogen-bond acceptors (Lipinski definition) is 5. The highest BCUT2D eigenvalue weighted by molar-refractivity contribution is 6.02. The Labute approximate surface area is 165 Å². The maximum Gasteiger partial charge on any atom is 0.277 e. The normalized spacial score (nSPS) is 17.3. The van der Waals surface area contributed by atoms with Crippen LogP contribution in [-0.4, -0.2) is 63.8 Å². The molecule has 0 saturated carbocycles. The molecule has 1 unspecified atom stereocenters. The molecular formula is C20H28N6O2. The monoisotopic (exact) mass is 384 g/mol. The standard InChI is InChI=1S/C20H28N6O2/c1-15-5-4-10-25(11-15)12-16-6-8-17(9-7-16)21-20(28)18-13-26(23-22-18)14-19(27)24(2)3/h6-9,13,15H,4-5,10-12,14H2,1-3H3,(H,21,28). The lowest BCUT2D eigenvalue weighted by Gasteiger charge is -2.30. The molecule has 150 valence electrons. The van der Waals surface area contributed by atoms with Crippen molar-refractivity contribution in [3.8, 4) is 0 Å². The Balaban J connectivity index is 1.54. The summed E-state index contributed by atoms with van der Waals surface area (Å²) in [7, 11) is 3.34. The van der Waals surface area contributed by atoms with Gasteiger partial charge in [-0.2, -0.15) is 0 Å². The Kier molecular flexibility index (Phi) is 6.41. The van der Waals surface area contributed by atoms with Gasteiger partial charge in [0.15, 0.2) is 5.69 Å². The first-order valence-electron chi connectivity index (χ1n) is 9.63. The number of piperidine rings is 1. The molecule has 3 rings (SSSR count). The van der Waals surface area contributed by atoms with Crippen LogP contribution in [0.5, 0.6) is 0 Å². The number of likely N-dealkylation sites (tertiary alicyclic amines) is 1. The van der Waals surface area contributed by atoms with Crippen molar-refractivity contribution >= 4 is 17.5 Å². The fourth-order valence-corrected chi connectivity index (χ4v) is 3.34. The summed E-state index contributed by atoms with van der Waals surface area (Å²) in [6.45, 7) is 5.58. The Morgan fingerprint density at radius 1 is 1.25 bits per heavy atom. The number of nitrogens with zero attached hydrogens (tertiary/aromatic N) is 5. The van der Waals surface area contributed by atoms with Crippen LogP contribution < -0.4 is 5.32 Å². The second-order valence-electron chi connectivity index (χ2n) is 7.72. The van der Waals surface area contributed by atoms with Gasteiger partial charge in [0.25, 0.3) is 5.91 Å². The van der Waals surface area contributed by atoms with Crippen molar-refractivity contribution in [2.45, 2.75) is 32.9 Å². The fourth-order valence-electron chi connectivity index (χ4n) is 3.34. The molecule has 0 aliphatic carbocycles. The molecule has 2 aromatic rings. The van der Waals surface area contributed by atoms with Gasteiger partial charge in [-0.25, -0.2) is 4.68 Å². The minimum absolute atomic E-state index is 0.0527. The van der Waals surface area contributed by atoms with Gasteiger partial charge in [0.05, 0.1) is 6.20 Å². The largest absolute Gasteiger partial charge is 0.347 e. The Hall–Kier alpha value is -2.74. The highest BCUT2D eigenvalue weighted by Gasteiger charge is 2.16. The van der Waals surface area contributed by atoms with Gasteiger partial charge < -0.3 is 10.2 Å². The molecule has 1 aromatic carbocycles. The van der Waals surface area contributed by atoms with Crippen molar-refractivity contribution in [2.24, 2.45) is 5.92 Å². The fraction of sp³-hybridized carbons (Fsp3) is 0.500. The van der Waals surface area contributed by atoms with Crippen molar-refractivity contribution in [3.05, 3.63) is 41.7 Å².